The lowest BCUT2D eigenvalue weighted by molar-refractivity contribution is 0.0927. The van der Waals surface area contributed by atoms with Gasteiger partial charge in [0.05, 0.1) is 11.6 Å². The summed E-state index contributed by atoms with van der Waals surface area (Å²) in [5.41, 5.74) is 0.674. The van der Waals surface area contributed by atoms with Gasteiger partial charge in [0.1, 0.15) is 5.75 Å². The van der Waals surface area contributed by atoms with Gasteiger partial charge >= 0.3 is 0 Å². The summed E-state index contributed by atoms with van der Waals surface area (Å²) in [7, 11) is 1.61. The molecule has 98 valence electrons. The smallest absolute Gasteiger partial charge is 0.251 e. The first-order chi connectivity index (χ1) is 8.70. The molecule has 3 nitrogen and oxygen atoms in total. The lowest BCUT2D eigenvalue weighted by Crippen LogP contribution is -2.36. The molecule has 1 N–H and O–H groups in total. The number of benzene rings is 1. The number of carbonyl (C=O) groups is 1. The summed E-state index contributed by atoms with van der Waals surface area (Å²) in [5.74, 6) is 0.745. The van der Waals surface area contributed by atoms with Crippen molar-refractivity contribution in [2.24, 2.45) is 0 Å². The highest BCUT2D eigenvalue weighted by Crippen LogP contribution is 2.25. The van der Waals surface area contributed by atoms with Crippen LogP contribution < -0.4 is 10.1 Å². The van der Waals surface area contributed by atoms with Crippen molar-refractivity contribution in [3.8, 4) is 5.75 Å². The average Bonchev–Trinajstić information content (AvgIpc) is 2.39. The third-order valence-corrected chi connectivity index (χ3v) is 3.97. The average molecular weight is 312 g/mol. The van der Waals surface area contributed by atoms with Crippen LogP contribution in [0.5, 0.6) is 5.75 Å². The molecule has 0 heterocycles. The third-order valence-electron chi connectivity index (χ3n) is 3.35. The van der Waals surface area contributed by atoms with Crippen LogP contribution in [0.2, 0.25) is 0 Å². The molecule has 0 atom stereocenters. The van der Waals surface area contributed by atoms with E-state index in [4.69, 9.17) is 4.74 Å². The molecule has 1 aromatic rings. The Morgan fingerprint density at radius 2 is 2.06 bits per heavy atom. The molecule has 0 spiro atoms. The highest BCUT2D eigenvalue weighted by atomic mass is 79.9. The largest absolute Gasteiger partial charge is 0.496 e. The predicted molar refractivity (Wildman–Crippen MR) is 75.0 cm³/mol. The summed E-state index contributed by atoms with van der Waals surface area (Å²) >= 11 is 3.40. The maximum absolute atomic E-state index is 12.1. The fraction of sp³-hybridized carbons (Fsp3) is 0.500. The van der Waals surface area contributed by atoms with Gasteiger partial charge in [0.25, 0.3) is 5.91 Å². The molecule has 1 aliphatic rings. The Balaban J connectivity index is 2.01. The summed E-state index contributed by atoms with van der Waals surface area (Å²) in [6.07, 6.45) is 5.93. The Morgan fingerprint density at radius 3 is 2.67 bits per heavy atom. The van der Waals surface area contributed by atoms with Crippen LogP contribution >= 0.6 is 15.9 Å². The number of hydrogen-bond donors (Lipinski definition) is 1. The first kappa shape index (κ1) is 13.4. The molecule has 18 heavy (non-hydrogen) atoms. The van der Waals surface area contributed by atoms with Crippen molar-refractivity contribution in [1.82, 2.24) is 5.32 Å². The van der Waals surface area contributed by atoms with E-state index in [0.29, 0.717) is 11.6 Å². The van der Waals surface area contributed by atoms with Crippen LogP contribution in [-0.4, -0.2) is 19.1 Å². The van der Waals surface area contributed by atoms with Crippen LogP contribution in [0.3, 0.4) is 0 Å². The van der Waals surface area contributed by atoms with Gasteiger partial charge in [-0.05, 0) is 47.0 Å². The first-order valence-corrected chi connectivity index (χ1v) is 7.14. The number of halogens is 1. The molecule has 0 unspecified atom stereocenters. The van der Waals surface area contributed by atoms with E-state index >= 15 is 0 Å². The van der Waals surface area contributed by atoms with E-state index in [0.717, 1.165) is 23.1 Å². The van der Waals surface area contributed by atoms with Gasteiger partial charge in [-0.2, -0.15) is 0 Å². The number of carbonyl (C=O) groups excluding carboxylic acids is 1. The lowest BCUT2D eigenvalue weighted by Gasteiger charge is -2.22. The molecule has 2 rings (SSSR count). The minimum absolute atomic E-state index is 0.00486. The van der Waals surface area contributed by atoms with Gasteiger partial charge in [-0.15, -0.1) is 0 Å². The molecule has 0 saturated heterocycles. The predicted octanol–water partition coefficient (Wildman–Crippen LogP) is 3.52. The van der Waals surface area contributed by atoms with Gasteiger partial charge in [-0.1, -0.05) is 19.3 Å². The van der Waals surface area contributed by atoms with Gasteiger partial charge in [-0.25, -0.2) is 0 Å². The number of methoxy groups -OCH3 is 1. The molecule has 0 aromatic heterocycles. The number of rotatable bonds is 3. The zero-order valence-electron chi connectivity index (χ0n) is 10.5. The topological polar surface area (TPSA) is 38.3 Å². The maximum Gasteiger partial charge on any atom is 0.251 e. The second-order valence-electron chi connectivity index (χ2n) is 4.66. The van der Waals surface area contributed by atoms with Crippen LogP contribution in [0.25, 0.3) is 0 Å². The number of ether oxygens (including phenoxy) is 1. The maximum atomic E-state index is 12.1. The van der Waals surface area contributed by atoms with Crippen molar-refractivity contribution in [2.75, 3.05) is 7.11 Å². The Labute approximate surface area is 116 Å². The van der Waals surface area contributed by atoms with Crippen molar-refractivity contribution in [3.05, 3.63) is 28.2 Å². The first-order valence-electron chi connectivity index (χ1n) is 6.35. The highest BCUT2D eigenvalue weighted by Gasteiger charge is 2.17. The monoisotopic (exact) mass is 311 g/mol. The van der Waals surface area contributed by atoms with Gasteiger partial charge < -0.3 is 10.1 Å². The zero-order valence-corrected chi connectivity index (χ0v) is 12.1. The van der Waals surface area contributed by atoms with Crippen molar-refractivity contribution >= 4 is 21.8 Å². The SMILES string of the molecule is COc1ccc(C(=O)NC2CCCCC2)cc1Br. The quantitative estimate of drug-likeness (QED) is 0.927. The highest BCUT2D eigenvalue weighted by molar-refractivity contribution is 9.10. The van der Waals surface area contributed by atoms with Crippen LogP contribution in [0.15, 0.2) is 22.7 Å². The summed E-state index contributed by atoms with van der Waals surface area (Å²) in [6.45, 7) is 0. The Bertz CT molecular complexity index is 428. The van der Waals surface area contributed by atoms with E-state index in [1.165, 1.54) is 19.3 Å². The van der Waals surface area contributed by atoms with E-state index in [9.17, 15) is 4.79 Å². The summed E-state index contributed by atoms with van der Waals surface area (Å²) < 4.78 is 5.96. The molecular weight excluding hydrogens is 294 g/mol. The number of amides is 1. The Morgan fingerprint density at radius 1 is 1.33 bits per heavy atom. The number of hydrogen-bond acceptors (Lipinski definition) is 2. The second kappa shape index (κ2) is 6.23. The van der Waals surface area contributed by atoms with Crippen molar-refractivity contribution in [3.63, 3.8) is 0 Å². The van der Waals surface area contributed by atoms with Gasteiger partial charge in [0.2, 0.25) is 0 Å². The molecule has 4 heteroatoms. The molecule has 1 amide bonds. The number of nitrogens with one attached hydrogen (secondary N) is 1. The van der Waals surface area contributed by atoms with Crippen molar-refractivity contribution < 1.29 is 9.53 Å². The second-order valence-corrected chi connectivity index (χ2v) is 5.51. The zero-order chi connectivity index (χ0) is 13.0. The van der Waals surface area contributed by atoms with Crippen molar-refractivity contribution in [1.29, 1.82) is 0 Å². The molecule has 0 aliphatic heterocycles. The van der Waals surface area contributed by atoms with Crippen LogP contribution in [-0.2, 0) is 0 Å². The van der Waals surface area contributed by atoms with E-state index in [1.54, 1.807) is 25.3 Å². The fourth-order valence-corrected chi connectivity index (χ4v) is 2.86. The fourth-order valence-electron chi connectivity index (χ4n) is 2.32. The van der Waals surface area contributed by atoms with E-state index in [2.05, 4.69) is 21.2 Å². The molecule has 1 saturated carbocycles. The van der Waals surface area contributed by atoms with Gasteiger partial charge in [0, 0.05) is 11.6 Å². The Hall–Kier alpha value is -1.03. The molecule has 1 aromatic carbocycles. The minimum Gasteiger partial charge on any atom is -0.496 e. The van der Waals surface area contributed by atoms with Gasteiger partial charge in [-0.3, -0.25) is 4.79 Å². The van der Waals surface area contributed by atoms with E-state index in [1.807, 2.05) is 0 Å². The molecule has 1 fully saturated rings. The summed E-state index contributed by atoms with van der Waals surface area (Å²) in [6, 6.07) is 5.74. The molecular formula is C14H18BrNO2. The summed E-state index contributed by atoms with van der Waals surface area (Å²) in [5, 5.41) is 3.10. The normalized spacial score (nSPS) is 16.3. The minimum atomic E-state index is 0.00486. The molecule has 1 aliphatic carbocycles. The Kier molecular flexibility index (Phi) is 4.64. The van der Waals surface area contributed by atoms with Crippen LogP contribution in [0, 0.1) is 0 Å². The molecule has 0 radical (unpaired) electrons. The van der Waals surface area contributed by atoms with Crippen LogP contribution in [0.4, 0.5) is 0 Å². The lowest BCUT2D eigenvalue weighted by atomic mass is 9.95. The molecule has 0 bridgehead atoms. The van der Waals surface area contributed by atoms with Gasteiger partial charge in [0.15, 0.2) is 0 Å². The van der Waals surface area contributed by atoms with Crippen molar-refractivity contribution in [2.45, 2.75) is 38.1 Å². The van der Waals surface area contributed by atoms with E-state index in [-0.39, 0.29) is 5.91 Å². The third kappa shape index (κ3) is 3.25. The summed E-state index contributed by atoms with van der Waals surface area (Å²) in [4.78, 5) is 12.1. The standard InChI is InChI=1S/C14H18BrNO2/c1-18-13-8-7-10(9-12(13)15)14(17)16-11-5-3-2-4-6-11/h7-9,11H,2-6H2,1H3,(H,16,17). The van der Waals surface area contributed by atoms with Crippen LogP contribution in [0.1, 0.15) is 42.5 Å². The van der Waals surface area contributed by atoms with E-state index < -0.39 is 0 Å².